The van der Waals surface area contributed by atoms with Gasteiger partial charge in [-0.25, -0.2) is 0 Å². The average molecular weight is 184 g/mol. The smallest absolute Gasteiger partial charge is 0 e. The van der Waals surface area contributed by atoms with Crippen LogP contribution in [0.1, 0.15) is 0 Å². The average Bonchev–Trinajstić information content (AvgIpc) is 0.918. The molecule has 0 radical (unpaired) electrons. The molecule has 0 atom stereocenters. The van der Waals surface area contributed by atoms with Crippen LogP contribution in [0.15, 0.2) is 0 Å². The van der Waals surface area contributed by atoms with E-state index in [4.69, 9.17) is 10.4 Å². The molecular formula is CH2KNORu. The molecule has 0 rings (SSSR count). The van der Waals surface area contributed by atoms with E-state index in [1.54, 1.807) is 0 Å². The molecule has 0 aromatic heterocycles. The van der Waals surface area contributed by atoms with Crippen LogP contribution in [0.2, 0.25) is 0 Å². The maximum Gasteiger partial charge on any atom is 0 e. The number of hydrogen-bond acceptors (Lipinski definition) is 2. The molecule has 0 fully saturated rings. The van der Waals surface area contributed by atoms with Gasteiger partial charge >= 0.3 is 51.4 Å². The predicted octanol–water partition coefficient (Wildman–Crippen LogP) is -0.811. The number of nitriles is 1. The van der Waals surface area contributed by atoms with Crippen LogP contribution in [0.3, 0.4) is 0 Å². The van der Waals surface area contributed by atoms with E-state index in [2.05, 4.69) is 0 Å². The molecule has 26 valence electrons. The first-order valence-corrected chi connectivity index (χ1v) is 0.447. The van der Waals surface area contributed by atoms with Crippen LogP contribution in [0.4, 0.5) is 0 Å². The summed E-state index contributed by atoms with van der Waals surface area (Å²) < 4.78 is 0. The first-order chi connectivity index (χ1) is 1.41. The van der Waals surface area contributed by atoms with Crippen LogP contribution < -0.4 is 0 Å². The molecular weight excluding hydrogens is 182 g/mol. The molecule has 5 heavy (non-hydrogen) atoms. The van der Waals surface area contributed by atoms with Crippen molar-refractivity contribution in [3.63, 3.8) is 0 Å². The van der Waals surface area contributed by atoms with Crippen LogP contribution in [-0.2, 0) is 19.5 Å². The Labute approximate surface area is 85.7 Å². The normalized spacial score (nSPS) is 1.40. The molecule has 4 heteroatoms. The first kappa shape index (κ1) is 16.0. The van der Waals surface area contributed by atoms with Crippen LogP contribution >= 0.6 is 0 Å². The minimum atomic E-state index is 0. The van der Waals surface area contributed by atoms with E-state index in [1.165, 1.54) is 0 Å². The van der Waals surface area contributed by atoms with Gasteiger partial charge in [-0.15, -0.1) is 0 Å². The zero-order valence-corrected chi connectivity index (χ0v) is 3.49. The van der Waals surface area contributed by atoms with Crippen molar-refractivity contribution in [2.45, 2.75) is 0 Å². The van der Waals surface area contributed by atoms with Gasteiger partial charge in [0.15, 0.2) is 0 Å². The topological polar surface area (TPSA) is 44.0 Å². The molecule has 0 aliphatic heterocycles. The minimum absolute atomic E-state index is 0. The summed E-state index contributed by atoms with van der Waals surface area (Å²) in [5.41, 5.74) is 0. The van der Waals surface area contributed by atoms with Gasteiger partial charge in [-0.2, -0.15) is 5.26 Å². The quantitative estimate of drug-likeness (QED) is 0.395. The van der Waals surface area contributed by atoms with Crippen LogP contribution in [0.5, 0.6) is 0 Å². The summed E-state index contributed by atoms with van der Waals surface area (Å²) >= 11 is 0. The first-order valence-electron chi connectivity index (χ1n) is 0.447. The third-order valence-electron chi connectivity index (χ3n) is 0. The fraction of sp³-hybridized carbons (Fsp3) is 0. The van der Waals surface area contributed by atoms with Crippen molar-refractivity contribution in [2.24, 2.45) is 0 Å². The standard InChI is InChI=1S/CHNO.K.Ru.H/c2-1-3;;;/h3H;;;. The molecule has 0 spiro atoms. The molecule has 0 saturated heterocycles. The molecule has 0 aliphatic carbocycles. The Morgan fingerprint density at radius 3 is 1.60 bits per heavy atom. The molecule has 0 bridgehead atoms. The van der Waals surface area contributed by atoms with E-state index < -0.39 is 0 Å². The van der Waals surface area contributed by atoms with E-state index in [0.29, 0.717) is 0 Å². The minimum Gasteiger partial charge on any atom is 0 e. The number of rotatable bonds is 0. The number of aliphatic hydroxyl groups excluding tert-OH is 1. The van der Waals surface area contributed by atoms with Crippen molar-refractivity contribution in [1.82, 2.24) is 0 Å². The van der Waals surface area contributed by atoms with Gasteiger partial charge in [0.25, 0.3) is 6.26 Å². The molecule has 0 amide bonds. The van der Waals surface area contributed by atoms with E-state index in [0.717, 1.165) is 6.26 Å². The molecule has 0 saturated carbocycles. The van der Waals surface area contributed by atoms with Gasteiger partial charge < -0.3 is 5.11 Å². The predicted molar refractivity (Wildman–Crippen MR) is 14.7 cm³/mol. The third kappa shape index (κ3) is 29.1. The van der Waals surface area contributed by atoms with Crippen LogP contribution in [-0.4, -0.2) is 56.5 Å². The van der Waals surface area contributed by atoms with Crippen molar-refractivity contribution in [3.8, 4) is 6.26 Å². The summed E-state index contributed by atoms with van der Waals surface area (Å²) in [6, 6.07) is 0. The third-order valence-corrected chi connectivity index (χ3v) is 0. The van der Waals surface area contributed by atoms with Crippen LogP contribution in [0.25, 0.3) is 0 Å². The van der Waals surface area contributed by atoms with Crippen molar-refractivity contribution in [2.75, 3.05) is 0 Å². The maximum atomic E-state index is 6.88. The van der Waals surface area contributed by atoms with E-state index in [9.17, 15) is 0 Å². The summed E-state index contributed by atoms with van der Waals surface area (Å²) in [7, 11) is 0. The Hall–Kier alpha value is 1.55. The van der Waals surface area contributed by atoms with Gasteiger partial charge in [-0.1, -0.05) is 0 Å². The number of aliphatic hydroxyl groups is 1. The Kier molecular flexibility index (Phi) is 56.6. The van der Waals surface area contributed by atoms with Crippen molar-refractivity contribution >= 4 is 51.4 Å². The summed E-state index contributed by atoms with van der Waals surface area (Å²) in [4.78, 5) is 0. The number of nitrogens with zero attached hydrogens (tertiary/aromatic N) is 1. The summed E-state index contributed by atoms with van der Waals surface area (Å²) in [6.07, 6.45) is 0.750. The fourth-order valence-corrected chi connectivity index (χ4v) is 0. The molecule has 0 unspecified atom stereocenters. The molecule has 1 N–H and O–H groups in total. The van der Waals surface area contributed by atoms with Crippen molar-refractivity contribution < 1.29 is 24.6 Å². The zero-order chi connectivity index (χ0) is 2.71. The van der Waals surface area contributed by atoms with Gasteiger partial charge in [0, 0.05) is 19.5 Å². The monoisotopic (exact) mass is 185 g/mol. The van der Waals surface area contributed by atoms with Gasteiger partial charge in [0.05, 0.1) is 0 Å². The molecule has 0 aromatic carbocycles. The largest absolute Gasteiger partial charge is 0 e. The Bertz CT molecular complexity index is 33.1. The SMILES string of the molecule is N#CO.[KH].[Ru]. The second-order valence-electron chi connectivity index (χ2n) is 0.100. The van der Waals surface area contributed by atoms with Crippen molar-refractivity contribution in [1.29, 1.82) is 5.26 Å². The Morgan fingerprint density at radius 2 is 1.60 bits per heavy atom. The fourth-order valence-electron chi connectivity index (χ4n) is 0. The van der Waals surface area contributed by atoms with Gasteiger partial charge in [0.1, 0.15) is 0 Å². The van der Waals surface area contributed by atoms with Crippen molar-refractivity contribution in [3.05, 3.63) is 0 Å². The molecule has 0 heterocycles. The van der Waals surface area contributed by atoms with Gasteiger partial charge in [-0.3, -0.25) is 0 Å². The second-order valence-corrected chi connectivity index (χ2v) is 0.100. The summed E-state index contributed by atoms with van der Waals surface area (Å²) in [5.74, 6) is 0. The van der Waals surface area contributed by atoms with E-state index >= 15 is 0 Å². The number of hydrogen-bond donors (Lipinski definition) is 1. The Morgan fingerprint density at radius 1 is 1.60 bits per heavy atom. The maximum absolute atomic E-state index is 6.88. The van der Waals surface area contributed by atoms with Gasteiger partial charge in [0.2, 0.25) is 0 Å². The van der Waals surface area contributed by atoms with E-state index in [-0.39, 0.29) is 70.9 Å². The molecule has 2 nitrogen and oxygen atoms in total. The van der Waals surface area contributed by atoms with E-state index in [1.807, 2.05) is 0 Å². The molecule has 0 aromatic rings. The second kappa shape index (κ2) is 17.7. The zero-order valence-electron chi connectivity index (χ0n) is 1.75. The summed E-state index contributed by atoms with van der Waals surface area (Å²) in [5, 5.41) is 13.8. The Balaban J connectivity index is -0.0000000200. The van der Waals surface area contributed by atoms with Gasteiger partial charge in [-0.05, 0) is 0 Å². The summed E-state index contributed by atoms with van der Waals surface area (Å²) in [6.45, 7) is 0. The molecule has 0 aliphatic rings. The van der Waals surface area contributed by atoms with Crippen LogP contribution in [0, 0.1) is 11.5 Å².